The van der Waals surface area contributed by atoms with Gasteiger partial charge in [0, 0.05) is 10.9 Å². The lowest BCUT2D eigenvalue weighted by molar-refractivity contribution is 0.564. The van der Waals surface area contributed by atoms with Crippen molar-refractivity contribution >= 4 is 22.9 Å². The van der Waals surface area contributed by atoms with Gasteiger partial charge in [-0.3, -0.25) is 0 Å². The molecule has 0 bridgehead atoms. The summed E-state index contributed by atoms with van der Waals surface area (Å²) in [6.07, 6.45) is 2.25. The van der Waals surface area contributed by atoms with Gasteiger partial charge in [0.25, 0.3) is 0 Å². The van der Waals surface area contributed by atoms with E-state index in [-0.39, 0.29) is 0 Å². The first-order valence-corrected chi connectivity index (χ1v) is 5.91. The Morgan fingerprint density at radius 3 is 2.92 bits per heavy atom. The van der Waals surface area contributed by atoms with Crippen LogP contribution in [0.4, 0.5) is 0 Å². The van der Waals surface area contributed by atoms with Gasteiger partial charge < -0.3 is 5.73 Å². The highest BCUT2D eigenvalue weighted by Gasteiger charge is 2.37. The molecule has 3 atom stereocenters. The molecule has 1 aliphatic carbocycles. The van der Waals surface area contributed by atoms with Crippen molar-refractivity contribution in [2.24, 2.45) is 17.6 Å². The smallest absolute Gasteiger partial charge is 0.0545 e. The van der Waals surface area contributed by atoms with E-state index in [1.54, 1.807) is 11.3 Å². The Kier molecular flexibility index (Phi) is 2.63. The van der Waals surface area contributed by atoms with Crippen LogP contribution in [0, 0.1) is 11.8 Å². The Balaban J connectivity index is 1.94. The fourth-order valence-corrected chi connectivity index (χ4v) is 2.97. The molecule has 2 rings (SSSR count). The van der Waals surface area contributed by atoms with Gasteiger partial charge in [-0.1, -0.05) is 18.5 Å². The normalized spacial score (nSPS) is 28.8. The van der Waals surface area contributed by atoms with Crippen LogP contribution in [0.1, 0.15) is 18.2 Å². The van der Waals surface area contributed by atoms with Crippen LogP contribution < -0.4 is 5.73 Å². The molecule has 1 aromatic rings. The molecule has 1 aliphatic rings. The van der Waals surface area contributed by atoms with Crippen molar-refractivity contribution in [1.29, 1.82) is 0 Å². The molecule has 0 radical (unpaired) electrons. The van der Waals surface area contributed by atoms with E-state index in [2.05, 4.69) is 6.92 Å². The van der Waals surface area contributed by atoms with Crippen molar-refractivity contribution in [1.82, 2.24) is 0 Å². The standard InChI is InChI=1S/C10H14ClNS/c1-6-4-7(6)9(12)5-10-8(11)2-3-13-10/h2-3,6-7,9H,4-5,12H2,1H3. The van der Waals surface area contributed by atoms with Gasteiger partial charge in [0.2, 0.25) is 0 Å². The van der Waals surface area contributed by atoms with Crippen molar-refractivity contribution in [2.45, 2.75) is 25.8 Å². The van der Waals surface area contributed by atoms with E-state index in [0.29, 0.717) is 6.04 Å². The summed E-state index contributed by atoms with van der Waals surface area (Å²) in [7, 11) is 0. The van der Waals surface area contributed by atoms with E-state index < -0.39 is 0 Å². The Hall–Kier alpha value is -0.0500. The molecular formula is C10H14ClNS. The first-order valence-electron chi connectivity index (χ1n) is 4.66. The van der Waals surface area contributed by atoms with Gasteiger partial charge >= 0.3 is 0 Å². The molecule has 1 heterocycles. The maximum Gasteiger partial charge on any atom is 0.0545 e. The van der Waals surface area contributed by atoms with Crippen molar-refractivity contribution in [3.8, 4) is 0 Å². The van der Waals surface area contributed by atoms with Crippen LogP contribution in [0.15, 0.2) is 11.4 Å². The van der Waals surface area contributed by atoms with Crippen LogP contribution >= 0.6 is 22.9 Å². The lowest BCUT2D eigenvalue weighted by Crippen LogP contribution is -2.25. The third-order valence-corrected chi connectivity index (χ3v) is 4.24. The van der Waals surface area contributed by atoms with Crippen LogP contribution in [0.5, 0.6) is 0 Å². The predicted molar refractivity (Wildman–Crippen MR) is 58.3 cm³/mol. The summed E-state index contributed by atoms with van der Waals surface area (Å²) in [6, 6.07) is 2.26. The average molecular weight is 216 g/mol. The van der Waals surface area contributed by atoms with E-state index in [1.807, 2.05) is 11.4 Å². The second-order valence-corrected chi connectivity index (χ2v) is 5.34. The zero-order valence-electron chi connectivity index (χ0n) is 7.66. The first-order chi connectivity index (χ1) is 6.18. The molecule has 0 saturated heterocycles. The van der Waals surface area contributed by atoms with Gasteiger partial charge in [-0.15, -0.1) is 11.3 Å². The SMILES string of the molecule is CC1CC1C(N)Cc1sccc1Cl. The molecule has 0 spiro atoms. The van der Waals surface area contributed by atoms with Gasteiger partial charge in [-0.25, -0.2) is 0 Å². The molecule has 3 heteroatoms. The number of thiophene rings is 1. The van der Waals surface area contributed by atoms with Gasteiger partial charge in [0.1, 0.15) is 0 Å². The summed E-state index contributed by atoms with van der Waals surface area (Å²) < 4.78 is 0. The highest BCUT2D eigenvalue weighted by molar-refractivity contribution is 7.10. The molecular weight excluding hydrogens is 202 g/mol. The molecule has 0 aliphatic heterocycles. The third-order valence-electron chi connectivity index (χ3n) is 2.83. The number of nitrogens with two attached hydrogens (primary N) is 1. The van der Waals surface area contributed by atoms with Crippen molar-refractivity contribution in [3.05, 3.63) is 21.3 Å². The van der Waals surface area contributed by atoms with Gasteiger partial charge in [-0.05, 0) is 36.1 Å². The highest BCUT2D eigenvalue weighted by Crippen LogP contribution is 2.41. The summed E-state index contributed by atoms with van der Waals surface area (Å²) in [5.74, 6) is 1.56. The summed E-state index contributed by atoms with van der Waals surface area (Å²) >= 11 is 7.71. The third kappa shape index (κ3) is 2.06. The zero-order valence-corrected chi connectivity index (χ0v) is 9.24. The van der Waals surface area contributed by atoms with Gasteiger partial charge in [0.05, 0.1) is 5.02 Å². The highest BCUT2D eigenvalue weighted by atomic mass is 35.5. The Bertz CT molecular complexity index is 297. The summed E-state index contributed by atoms with van der Waals surface area (Å²) in [4.78, 5) is 1.24. The van der Waals surface area contributed by atoms with Crippen LogP contribution in [-0.2, 0) is 6.42 Å². The molecule has 13 heavy (non-hydrogen) atoms. The predicted octanol–water partition coefficient (Wildman–Crippen LogP) is 2.93. The molecule has 1 saturated carbocycles. The van der Waals surface area contributed by atoms with Crippen molar-refractivity contribution in [3.63, 3.8) is 0 Å². The maximum atomic E-state index is 6.08. The minimum absolute atomic E-state index is 0.311. The van der Waals surface area contributed by atoms with Gasteiger partial charge in [-0.2, -0.15) is 0 Å². The van der Waals surface area contributed by atoms with Crippen LogP contribution in [-0.4, -0.2) is 6.04 Å². The van der Waals surface area contributed by atoms with Gasteiger partial charge in [0.15, 0.2) is 0 Å². The fraction of sp³-hybridized carbons (Fsp3) is 0.600. The first kappa shape index (κ1) is 9.50. The molecule has 0 aromatic carbocycles. The molecule has 0 amide bonds. The molecule has 1 nitrogen and oxygen atoms in total. The van der Waals surface area contributed by atoms with Crippen LogP contribution in [0.25, 0.3) is 0 Å². The summed E-state index contributed by atoms with van der Waals surface area (Å²) in [6.45, 7) is 2.26. The molecule has 1 aromatic heterocycles. The second kappa shape index (κ2) is 3.60. The molecule has 2 N–H and O–H groups in total. The average Bonchev–Trinajstić information content (AvgIpc) is 2.68. The summed E-state index contributed by atoms with van der Waals surface area (Å²) in [5, 5.41) is 2.91. The largest absolute Gasteiger partial charge is 0.327 e. The number of rotatable bonds is 3. The zero-order chi connectivity index (χ0) is 9.42. The molecule has 1 fully saturated rings. The number of halogens is 1. The van der Waals surface area contributed by atoms with E-state index in [9.17, 15) is 0 Å². The number of hydrogen-bond acceptors (Lipinski definition) is 2. The second-order valence-electron chi connectivity index (χ2n) is 3.94. The Labute approximate surface area is 87.9 Å². The van der Waals surface area contributed by atoms with E-state index in [0.717, 1.165) is 23.3 Å². The molecule has 3 unspecified atom stereocenters. The van der Waals surface area contributed by atoms with Crippen molar-refractivity contribution in [2.75, 3.05) is 0 Å². The fourth-order valence-electron chi connectivity index (χ4n) is 1.78. The van der Waals surface area contributed by atoms with Crippen LogP contribution in [0.2, 0.25) is 5.02 Å². The summed E-state index contributed by atoms with van der Waals surface area (Å²) in [5.41, 5.74) is 6.08. The topological polar surface area (TPSA) is 26.0 Å². The maximum absolute atomic E-state index is 6.08. The molecule has 72 valence electrons. The minimum Gasteiger partial charge on any atom is -0.327 e. The van der Waals surface area contributed by atoms with Crippen LogP contribution in [0.3, 0.4) is 0 Å². The number of hydrogen-bond donors (Lipinski definition) is 1. The quantitative estimate of drug-likeness (QED) is 0.825. The Morgan fingerprint density at radius 1 is 1.77 bits per heavy atom. The van der Waals surface area contributed by atoms with E-state index in [1.165, 1.54) is 11.3 Å². The minimum atomic E-state index is 0.311. The van der Waals surface area contributed by atoms with E-state index >= 15 is 0 Å². The monoisotopic (exact) mass is 215 g/mol. The van der Waals surface area contributed by atoms with Crippen molar-refractivity contribution < 1.29 is 0 Å². The Morgan fingerprint density at radius 2 is 2.46 bits per heavy atom. The van der Waals surface area contributed by atoms with E-state index in [4.69, 9.17) is 17.3 Å². The lowest BCUT2D eigenvalue weighted by Gasteiger charge is -2.09. The lowest BCUT2D eigenvalue weighted by atomic mass is 10.1.